The van der Waals surface area contributed by atoms with Gasteiger partial charge < -0.3 is 9.64 Å². The quantitative estimate of drug-likeness (QED) is 0.705. The Morgan fingerprint density at radius 2 is 1.90 bits per heavy atom. The van der Waals surface area contributed by atoms with Crippen LogP contribution in [0.5, 0.6) is 0 Å². The highest BCUT2D eigenvalue weighted by molar-refractivity contribution is 5.84. The highest BCUT2D eigenvalue weighted by Crippen LogP contribution is 2.24. The normalized spacial score (nSPS) is 16.0. The van der Waals surface area contributed by atoms with Crippen LogP contribution in [-0.4, -0.2) is 52.2 Å². The zero-order valence-corrected chi connectivity index (χ0v) is 18.5. The van der Waals surface area contributed by atoms with Gasteiger partial charge in [0.25, 0.3) is 0 Å². The van der Waals surface area contributed by atoms with E-state index in [9.17, 15) is 4.79 Å². The van der Waals surface area contributed by atoms with Crippen LogP contribution in [0.4, 0.5) is 4.79 Å². The number of aromatic nitrogens is 1. The van der Waals surface area contributed by atoms with Crippen molar-refractivity contribution in [3.63, 3.8) is 0 Å². The van der Waals surface area contributed by atoms with Crippen LogP contribution in [0.3, 0.4) is 0 Å². The average molecular weight is 398 g/mol. The van der Waals surface area contributed by atoms with Gasteiger partial charge in [-0.3, -0.25) is 9.88 Å². The second kappa shape index (κ2) is 9.12. The van der Waals surface area contributed by atoms with Gasteiger partial charge in [0.1, 0.15) is 5.60 Å². The molecule has 0 aliphatic carbocycles. The molecule has 2 heterocycles. The number of carbonyl (C=O) groups is 1. The molecule has 0 bridgehead atoms. The minimum atomic E-state index is -0.445. The number of pyridine rings is 1. The first-order valence-electron chi connectivity index (χ1n) is 10.8. The Labute approximate surface area is 175 Å². The average Bonchev–Trinajstić information content (AvgIpc) is 2.66. The Kier molecular flexibility index (Phi) is 6.78. The number of hydrogen-bond donors (Lipinski definition) is 0. The van der Waals surface area contributed by atoms with Gasteiger partial charge in [0.15, 0.2) is 0 Å². The lowest BCUT2D eigenvalue weighted by atomic mass is 10.00. The van der Waals surface area contributed by atoms with Gasteiger partial charge in [-0.25, -0.2) is 4.79 Å². The molecule has 3 rings (SSSR count). The van der Waals surface area contributed by atoms with Crippen molar-refractivity contribution in [3.8, 4) is 0 Å². The van der Waals surface area contributed by atoms with Crippen molar-refractivity contribution in [2.75, 3.05) is 19.6 Å². The summed E-state index contributed by atoms with van der Waals surface area (Å²) in [6, 6.07) is 8.93. The molecule has 0 radical (unpaired) electrons. The van der Waals surface area contributed by atoms with Crippen molar-refractivity contribution in [1.29, 1.82) is 0 Å². The maximum absolute atomic E-state index is 12.4. The minimum Gasteiger partial charge on any atom is -0.444 e. The number of fused-ring (bicyclic) bond motifs is 1. The molecule has 0 atom stereocenters. The lowest BCUT2D eigenvalue weighted by molar-refractivity contribution is 0.0129. The summed E-state index contributed by atoms with van der Waals surface area (Å²) in [6.45, 7) is 13.7. The number of hydrogen-bond acceptors (Lipinski definition) is 4. The molecular formula is C24H35N3O2. The second-order valence-corrected chi connectivity index (χ2v) is 9.54. The van der Waals surface area contributed by atoms with E-state index in [4.69, 9.17) is 4.74 Å². The van der Waals surface area contributed by atoms with E-state index in [1.165, 1.54) is 16.3 Å². The Balaban J connectivity index is 1.69. The molecular weight excluding hydrogens is 362 g/mol. The van der Waals surface area contributed by atoms with Crippen molar-refractivity contribution in [2.24, 2.45) is 5.92 Å². The summed E-state index contributed by atoms with van der Waals surface area (Å²) in [7, 11) is 0. The van der Waals surface area contributed by atoms with Crippen LogP contribution >= 0.6 is 0 Å². The van der Waals surface area contributed by atoms with Gasteiger partial charge in [0.05, 0.1) is 0 Å². The summed E-state index contributed by atoms with van der Waals surface area (Å²) in [5.41, 5.74) is 0.831. The molecule has 5 heteroatoms. The number of nitrogens with zero attached hydrogens (tertiary/aromatic N) is 3. The number of likely N-dealkylation sites (tertiary alicyclic amines) is 1. The van der Waals surface area contributed by atoms with E-state index in [1.54, 1.807) is 0 Å². The molecule has 1 amide bonds. The van der Waals surface area contributed by atoms with Crippen molar-refractivity contribution < 1.29 is 9.53 Å². The number of rotatable bonds is 5. The van der Waals surface area contributed by atoms with Crippen molar-refractivity contribution in [2.45, 2.75) is 65.6 Å². The molecule has 0 N–H and O–H groups in total. The van der Waals surface area contributed by atoms with Crippen LogP contribution in [0.25, 0.3) is 10.8 Å². The topological polar surface area (TPSA) is 45.7 Å². The zero-order chi connectivity index (χ0) is 21.0. The predicted molar refractivity (Wildman–Crippen MR) is 118 cm³/mol. The number of carbonyl (C=O) groups excluding carboxylic acids is 1. The van der Waals surface area contributed by atoms with Gasteiger partial charge in [-0.1, -0.05) is 38.1 Å². The second-order valence-electron chi connectivity index (χ2n) is 9.54. The largest absolute Gasteiger partial charge is 0.444 e. The first-order valence-corrected chi connectivity index (χ1v) is 10.8. The van der Waals surface area contributed by atoms with E-state index in [1.807, 2.05) is 38.1 Å². The molecule has 1 aromatic heterocycles. The lowest BCUT2D eigenvalue weighted by Crippen LogP contribution is -2.48. The molecule has 0 saturated carbocycles. The van der Waals surface area contributed by atoms with Crippen LogP contribution in [0.2, 0.25) is 0 Å². The maximum Gasteiger partial charge on any atom is 0.410 e. The third-order valence-corrected chi connectivity index (χ3v) is 5.36. The summed E-state index contributed by atoms with van der Waals surface area (Å²) < 4.78 is 5.55. The third kappa shape index (κ3) is 5.92. The minimum absolute atomic E-state index is 0.190. The van der Waals surface area contributed by atoms with Crippen molar-refractivity contribution >= 4 is 16.9 Å². The van der Waals surface area contributed by atoms with Crippen molar-refractivity contribution in [1.82, 2.24) is 14.8 Å². The SMILES string of the molecule is CC(C)CN(Cc1cncc2ccccc12)C1CCN(C(=O)OC(C)(C)C)CC1. The van der Waals surface area contributed by atoms with Gasteiger partial charge in [0, 0.05) is 50.0 Å². The first kappa shape index (κ1) is 21.6. The van der Waals surface area contributed by atoms with E-state index in [2.05, 4.69) is 48.0 Å². The van der Waals surface area contributed by atoms with Gasteiger partial charge in [-0.2, -0.15) is 0 Å². The summed E-state index contributed by atoms with van der Waals surface area (Å²) in [4.78, 5) is 21.3. The van der Waals surface area contributed by atoms with E-state index in [0.717, 1.165) is 39.0 Å². The monoisotopic (exact) mass is 397 g/mol. The van der Waals surface area contributed by atoms with Crippen LogP contribution in [-0.2, 0) is 11.3 Å². The standard InChI is InChI=1S/C24H35N3O2/c1-18(2)16-27(17-20-15-25-14-19-8-6-7-9-22(19)20)21-10-12-26(13-11-21)23(28)29-24(3,4)5/h6-9,14-15,18,21H,10-13,16-17H2,1-5H3. The molecule has 1 aromatic carbocycles. The Morgan fingerprint density at radius 3 is 2.55 bits per heavy atom. The molecule has 1 fully saturated rings. The molecule has 0 spiro atoms. The molecule has 1 aliphatic rings. The summed E-state index contributed by atoms with van der Waals surface area (Å²) >= 11 is 0. The van der Waals surface area contributed by atoms with E-state index in [-0.39, 0.29) is 6.09 Å². The van der Waals surface area contributed by atoms with Gasteiger partial charge in [-0.15, -0.1) is 0 Å². The van der Waals surface area contributed by atoms with Crippen LogP contribution in [0, 0.1) is 5.92 Å². The highest BCUT2D eigenvalue weighted by Gasteiger charge is 2.30. The Hall–Kier alpha value is -2.14. The Bertz CT molecular complexity index is 815. The smallest absolute Gasteiger partial charge is 0.410 e. The summed E-state index contributed by atoms with van der Waals surface area (Å²) in [6.07, 6.45) is 5.70. The number of piperidine rings is 1. The molecule has 2 aromatic rings. The number of ether oxygens (including phenoxy) is 1. The molecule has 0 unspecified atom stereocenters. The van der Waals surface area contributed by atoms with Crippen LogP contribution in [0.1, 0.15) is 53.0 Å². The van der Waals surface area contributed by atoms with E-state index >= 15 is 0 Å². The molecule has 1 aliphatic heterocycles. The molecule has 29 heavy (non-hydrogen) atoms. The molecule has 1 saturated heterocycles. The lowest BCUT2D eigenvalue weighted by Gasteiger charge is -2.39. The van der Waals surface area contributed by atoms with Gasteiger partial charge >= 0.3 is 6.09 Å². The number of amides is 1. The molecule has 158 valence electrons. The van der Waals surface area contributed by atoms with Crippen molar-refractivity contribution in [3.05, 3.63) is 42.2 Å². The van der Waals surface area contributed by atoms with Crippen LogP contribution < -0.4 is 0 Å². The van der Waals surface area contributed by atoms with E-state index in [0.29, 0.717) is 12.0 Å². The summed E-state index contributed by atoms with van der Waals surface area (Å²) in [5.74, 6) is 0.585. The number of benzene rings is 1. The first-order chi connectivity index (χ1) is 13.7. The fourth-order valence-electron chi connectivity index (χ4n) is 4.08. The predicted octanol–water partition coefficient (Wildman–Crippen LogP) is 5.09. The van der Waals surface area contributed by atoms with Crippen LogP contribution in [0.15, 0.2) is 36.7 Å². The zero-order valence-electron chi connectivity index (χ0n) is 18.5. The maximum atomic E-state index is 12.4. The van der Waals surface area contributed by atoms with E-state index < -0.39 is 5.60 Å². The fourth-order valence-corrected chi connectivity index (χ4v) is 4.08. The van der Waals surface area contributed by atoms with Gasteiger partial charge in [0.2, 0.25) is 0 Å². The van der Waals surface area contributed by atoms with Gasteiger partial charge in [-0.05, 0) is 50.5 Å². The third-order valence-electron chi connectivity index (χ3n) is 5.36. The Morgan fingerprint density at radius 1 is 1.21 bits per heavy atom. The summed E-state index contributed by atoms with van der Waals surface area (Å²) in [5, 5.41) is 2.47. The molecule has 5 nitrogen and oxygen atoms in total. The highest BCUT2D eigenvalue weighted by atomic mass is 16.6. The fraction of sp³-hybridized carbons (Fsp3) is 0.583.